The number of para-hydroxylation sites is 2. The van der Waals surface area contributed by atoms with Gasteiger partial charge in [-0.05, 0) is 38.9 Å². The number of ether oxygens (including phenoxy) is 1. The number of nitrogens with one attached hydrogen (secondary N) is 1. The molecule has 104 valence electrons. The third-order valence-corrected chi connectivity index (χ3v) is 3.29. The predicted molar refractivity (Wildman–Crippen MR) is 76.7 cm³/mol. The fourth-order valence-electron chi connectivity index (χ4n) is 2.37. The lowest BCUT2D eigenvalue weighted by Crippen LogP contribution is -2.42. The SMILES string of the molecule is CCOc1ccccc1N1CCCNC(C)CC1=O. The molecule has 0 bridgehead atoms. The maximum Gasteiger partial charge on any atom is 0.228 e. The van der Waals surface area contributed by atoms with E-state index < -0.39 is 0 Å². The van der Waals surface area contributed by atoms with E-state index in [2.05, 4.69) is 12.2 Å². The van der Waals surface area contributed by atoms with Crippen molar-refractivity contribution in [3.63, 3.8) is 0 Å². The number of hydrogen-bond donors (Lipinski definition) is 1. The number of carbonyl (C=O) groups excluding carboxylic acids is 1. The maximum absolute atomic E-state index is 12.4. The van der Waals surface area contributed by atoms with Crippen molar-refractivity contribution in [2.24, 2.45) is 0 Å². The number of rotatable bonds is 3. The van der Waals surface area contributed by atoms with Crippen molar-refractivity contribution in [2.75, 3.05) is 24.6 Å². The van der Waals surface area contributed by atoms with Crippen LogP contribution in [0.4, 0.5) is 5.69 Å². The summed E-state index contributed by atoms with van der Waals surface area (Å²) in [5, 5.41) is 3.35. The molecule has 0 saturated carbocycles. The smallest absolute Gasteiger partial charge is 0.228 e. The Labute approximate surface area is 114 Å². The number of anilines is 1. The zero-order valence-electron chi connectivity index (χ0n) is 11.7. The highest BCUT2D eigenvalue weighted by molar-refractivity contribution is 5.95. The lowest BCUT2D eigenvalue weighted by atomic mass is 10.1. The summed E-state index contributed by atoms with van der Waals surface area (Å²) in [5.41, 5.74) is 0.892. The minimum absolute atomic E-state index is 0.159. The van der Waals surface area contributed by atoms with Crippen LogP contribution in [0.15, 0.2) is 24.3 Å². The number of nitrogens with zero attached hydrogens (tertiary/aromatic N) is 1. The molecule has 1 saturated heterocycles. The van der Waals surface area contributed by atoms with Gasteiger partial charge in [0.1, 0.15) is 5.75 Å². The van der Waals surface area contributed by atoms with E-state index in [1.54, 1.807) is 0 Å². The van der Waals surface area contributed by atoms with Gasteiger partial charge in [0.15, 0.2) is 0 Å². The topological polar surface area (TPSA) is 41.6 Å². The van der Waals surface area contributed by atoms with Crippen LogP contribution >= 0.6 is 0 Å². The maximum atomic E-state index is 12.4. The standard InChI is InChI=1S/C15H22N2O2/c1-3-19-14-8-5-4-7-13(14)17-10-6-9-16-12(2)11-15(17)18/h4-5,7-8,12,16H,3,6,9-11H2,1-2H3. The molecule has 1 aliphatic heterocycles. The average Bonchev–Trinajstić information content (AvgIpc) is 2.38. The van der Waals surface area contributed by atoms with Gasteiger partial charge in [-0.2, -0.15) is 0 Å². The minimum atomic E-state index is 0.159. The molecule has 19 heavy (non-hydrogen) atoms. The van der Waals surface area contributed by atoms with Crippen LogP contribution in [0.1, 0.15) is 26.7 Å². The van der Waals surface area contributed by atoms with Crippen molar-refractivity contribution in [1.29, 1.82) is 0 Å². The lowest BCUT2D eigenvalue weighted by Gasteiger charge is -2.29. The molecule has 4 nitrogen and oxygen atoms in total. The van der Waals surface area contributed by atoms with E-state index in [1.807, 2.05) is 36.1 Å². The van der Waals surface area contributed by atoms with E-state index in [4.69, 9.17) is 4.74 Å². The Morgan fingerprint density at radius 1 is 1.42 bits per heavy atom. The van der Waals surface area contributed by atoms with E-state index in [0.717, 1.165) is 30.9 Å². The zero-order valence-corrected chi connectivity index (χ0v) is 11.7. The number of benzene rings is 1. The van der Waals surface area contributed by atoms with Gasteiger partial charge in [-0.15, -0.1) is 0 Å². The van der Waals surface area contributed by atoms with Crippen LogP contribution in [-0.4, -0.2) is 31.6 Å². The van der Waals surface area contributed by atoms with Crippen molar-refractivity contribution in [1.82, 2.24) is 5.32 Å². The summed E-state index contributed by atoms with van der Waals surface area (Å²) in [6.07, 6.45) is 1.48. The van der Waals surface area contributed by atoms with Crippen LogP contribution in [0, 0.1) is 0 Å². The summed E-state index contributed by atoms with van der Waals surface area (Å²) in [6.45, 7) is 6.30. The first-order chi connectivity index (χ1) is 9.22. The largest absolute Gasteiger partial charge is 0.492 e. The molecule has 0 aliphatic carbocycles. The number of hydrogen-bond acceptors (Lipinski definition) is 3. The van der Waals surface area contributed by atoms with E-state index in [0.29, 0.717) is 13.0 Å². The van der Waals surface area contributed by atoms with Crippen molar-refractivity contribution in [3.05, 3.63) is 24.3 Å². The second-order valence-electron chi connectivity index (χ2n) is 4.86. The molecule has 0 radical (unpaired) electrons. The average molecular weight is 262 g/mol. The molecule has 1 aromatic rings. The van der Waals surface area contributed by atoms with Gasteiger partial charge in [-0.3, -0.25) is 4.79 Å². The molecule has 1 amide bonds. The summed E-state index contributed by atoms with van der Waals surface area (Å²) in [7, 11) is 0. The fourth-order valence-corrected chi connectivity index (χ4v) is 2.37. The van der Waals surface area contributed by atoms with Crippen LogP contribution in [-0.2, 0) is 4.79 Å². The van der Waals surface area contributed by atoms with Crippen molar-refractivity contribution in [3.8, 4) is 5.75 Å². The molecule has 1 N–H and O–H groups in total. The van der Waals surface area contributed by atoms with E-state index in [1.165, 1.54) is 0 Å². The third kappa shape index (κ3) is 3.47. The zero-order chi connectivity index (χ0) is 13.7. The Bertz CT molecular complexity index is 434. The molecule has 0 spiro atoms. The summed E-state index contributed by atoms with van der Waals surface area (Å²) in [6, 6.07) is 8.00. The van der Waals surface area contributed by atoms with Gasteiger partial charge in [0.05, 0.1) is 12.3 Å². The Morgan fingerprint density at radius 2 is 2.21 bits per heavy atom. The molecular weight excluding hydrogens is 240 g/mol. The van der Waals surface area contributed by atoms with Gasteiger partial charge in [0, 0.05) is 19.0 Å². The Hall–Kier alpha value is -1.55. The summed E-state index contributed by atoms with van der Waals surface area (Å²) in [4.78, 5) is 14.2. The van der Waals surface area contributed by atoms with Gasteiger partial charge in [-0.25, -0.2) is 0 Å². The monoisotopic (exact) mass is 262 g/mol. The Morgan fingerprint density at radius 3 is 3.00 bits per heavy atom. The highest BCUT2D eigenvalue weighted by atomic mass is 16.5. The first-order valence-electron chi connectivity index (χ1n) is 6.98. The van der Waals surface area contributed by atoms with Gasteiger partial charge in [-0.1, -0.05) is 12.1 Å². The van der Waals surface area contributed by atoms with Crippen LogP contribution < -0.4 is 15.0 Å². The first-order valence-corrected chi connectivity index (χ1v) is 6.98. The fraction of sp³-hybridized carbons (Fsp3) is 0.533. The molecule has 1 fully saturated rings. The number of carbonyl (C=O) groups is 1. The van der Waals surface area contributed by atoms with Crippen molar-refractivity contribution in [2.45, 2.75) is 32.7 Å². The van der Waals surface area contributed by atoms with Crippen LogP contribution in [0.5, 0.6) is 5.75 Å². The molecule has 0 aromatic heterocycles. The Kier molecular flexibility index (Phi) is 4.80. The van der Waals surface area contributed by atoms with Gasteiger partial charge in [0.25, 0.3) is 0 Å². The predicted octanol–water partition coefficient (Wildman–Crippen LogP) is 2.19. The highest BCUT2D eigenvalue weighted by Crippen LogP contribution is 2.29. The molecular formula is C15H22N2O2. The minimum Gasteiger partial charge on any atom is -0.492 e. The Balaban J connectivity index is 2.24. The first kappa shape index (κ1) is 13.9. The van der Waals surface area contributed by atoms with Gasteiger partial charge < -0.3 is 15.0 Å². The van der Waals surface area contributed by atoms with Crippen molar-refractivity contribution >= 4 is 11.6 Å². The summed E-state index contributed by atoms with van der Waals surface area (Å²) in [5.74, 6) is 0.950. The second-order valence-corrected chi connectivity index (χ2v) is 4.86. The van der Waals surface area contributed by atoms with Crippen LogP contribution in [0.25, 0.3) is 0 Å². The molecule has 1 heterocycles. The lowest BCUT2D eigenvalue weighted by molar-refractivity contribution is -0.119. The summed E-state index contributed by atoms with van der Waals surface area (Å²) >= 11 is 0. The molecule has 4 heteroatoms. The van der Waals surface area contributed by atoms with Gasteiger partial charge >= 0.3 is 0 Å². The normalized spacial score (nSPS) is 20.8. The molecule has 1 aromatic carbocycles. The number of amides is 1. The molecule has 1 atom stereocenters. The molecule has 1 unspecified atom stereocenters. The van der Waals surface area contributed by atoms with E-state index in [9.17, 15) is 4.79 Å². The van der Waals surface area contributed by atoms with E-state index >= 15 is 0 Å². The van der Waals surface area contributed by atoms with Gasteiger partial charge in [0.2, 0.25) is 5.91 Å². The van der Waals surface area contributed by atoms with Crippen LogP contribution in [0.2, 0.25) is 0 Å². The quantitative estimate of drug-likeness (QED) is 0.908. The molecule has 2 rings (SSSR count). The van der Waals surface area contributed by atoms with Crippen LogP contribution in [0.3, 0.4) is 0 Å². The summed E-state index contributed by atoms with van der Waals surface area (Å²) < 4.78 is 5.63. The molecule has 1 aliphatic rings. The highest BCUT2D eigenvalue weighted by Gasteiger charge is 2.22. The van der Waals surface area contributed by atoms with Crippen molar-refractivity contribution < 1.29 is 9.53 Å². The third-order valence-electron chi connectivity index (χ3n) is 3.29. The van der Waals surface area contributed by atoms with E-state index in [-0.39, 0.29) is 11.9 Å². The second kappa shape index (κ2) is 6.57.